The highest BCUT2D eigenvalue weighted by atomic mass is 32.2. The summed E-state index contributed by atoms with van der Waals surface area (Å²) in [6.45, 7) is 1.98. The lowest BCUT2D eigenvalue weighted by Gasteiger charge is -2.11. The lowest BCUT2D eigenvalue weighted by molar-refractivity contribution is 0.102. The summed E-state index contributed by atoms with van der Waals surface area (Å²) >= 11 is 1.78. The molecule has 0 aliphatic carbocycles. The first-order valence-corrected chi connectivity index (χ1v) is 9.37. The number of aryl methyl sites for hydroxylation is 1. The van der Waals surface area contributed by atoms with E-state index in [4.69, 9.17) is 4.74 Å². The Labute approximate surface area is 158 Å². The largest absolute Gasteiger partial charge is 0.495 e. The molecule has 0 aromatic heterocycles. The maximum atomic E-state index is 12.5. The van der Waals surface area contributed by atoms with Crippen molar-refractivity contribution in [1.82, 2.24) is 0 Å². The molecule has 132 valence electrons. The van der Waals surface area contributed by atoms with Crippen molar-refractivity contribution in [3.8, 4) is 5.75 Å². The molecule has 0 bridgehead atoms. The van der Waals surface area contributed by atoms with Gasteiger partial charge in [-0.15, -0.1) is 11.8 Å². The van der Waals surface area contributed by atoms with E-state index in [1.54, 1.807) is 18.9 Å². The van der Waals surface area contributed by atoms with Gasteiger partial charge in [-0.3, -0.25) is 4.79 Å². The van der Waals surface area contributed by atoms with Crippen molar-refractivity contribution >= 4 is 23.4 Å². The van der Waals surface area contributed by atoms with E-state index in [2.05, 4.69) is 17.4 Å². The topological polar surface area (TPSA) is 38.3 Å². The minimum absolute atomic E-state index is 0.142. The van der Waals surface area contributed by atoms with E-state index in [1.165, 1.54) is 10.5 Å². The molecule has 0 radical (unpaired) electrons. The number of anilines is 1. The SMILES string of the molecule is COc1ccc(C)cc1NC(=O)c1ccc(CSc2ccccc2)cc1. The molecule has 1 amide bonds. The maximum Gasteiger partial charge on any atom is 0.255 e. The van der Waals surface area contributed by atoms with Gasteiger partial charge in [-0.2, -0.15) is 0 Å². The molecule has 0 spiro atoms. The number of nitrogens with one attached hydrogen (secondary N) is 1. The van der Waals surface area contributed by atoms with Crippen molar-refractivity contribution in [3.63, 3.8) is 0 Å². The van der Waals surface area contributed by atoms with E-state index in [0.29, 0.717) is 17.0 Å². The maximum absolute atomic E-state index is 12.5. The van der Waals surface area contributed by atoms with Crippen molar-refractivity contribution in [2.24, 2.45) is 0 Å². The molecule has 4 heteroatoms. The first-order valence-electron chi connectivity index (χ1n) is 8.38. The van der Waals surface area contributed by atoms with Crippen molar-refractivity contribution in [2.75, 3.05) is 12.4 Å². The first-order chi connectivity index (χ1) is 12.7. The molecule has 0 saturated carbocycles. The van der Waals surface area contributed by atoms with Gasteiger partial charge in [0.25, 0.3) is 5.91 Å². The van der Waals surface area contributed by atoms with Crippen LogP contribution >= 0.6 is 11.8 Å². The fraction of sp³-hybridized carbons (Fsp3) is 0.136. The second-order valence-electron chi connectivity index (χ2n) is 5.96. The highest BCUT2D eigenvalue weighted by Gasteiger charge is 2.10. The lowest BCUT2D eigenvalue weighted by atomic mass is 10.1. The smallest absolute Gasteiger partial charge is 0.255 e. The Morgan fingerprint density at radius 2 is 1.73 bits per heavy atom. The molecule has 3 aromatic carbocycles. The van der Waals surface area contributed by atoms with Crippen LogP contribution in [-0.4, -0.2) is 13.0 Å². The first kappa shape index (κ1) is 18.1. The molecular weight excluding hydrogens is 342 g/mol. The van der Waals surface area contributed by atoms with E-state index >= 15 is 0 Å². The summed E-state index contributed by atoms with van der Waals surface area (Å²) in [5, 5.41) is 2.93. The summed E-state index contributed by atoms with van der Waals surface area (Å²) in [6.07, 6.45) is 0. The number of amides is 1. The average molecular weight is 363 g/mol. The molecule has 3 rings (SSSR count). The molecule has 0 atom stereocenters. The predicted molar refractivity (Wildman–Crippen MR) is 108 cm³/mol. The molecule has 3 aromatic rings. The van der Waals surface area contributed by atoms with E-state index in [-0.39, 0.29) is 5.91 Å². The highest BCUT2D eigenvalue weighted by Crippen LogP contribution is 2.26. The number of ether oxygens (including phenoxy) is 1. The number of methoxy groups -OCH3 is 1. The van der Waals surface area contributed by atoms with Crippen LogP contribution in [0.3, 0.4) is 0 Å². The van der Waals surface area contributed by atoms with Crippen molar-refractivity contribution in [1.29, 1.82) is 0 Å². The minimum Gasteiger partial charge on any atom is -0.495 e. The van der Waals surface area contributed by atoms with Gasteiger partial charge in [0.15, 0.2) is 0 Å². The number of hydrogen-bond donors (Lipinski definition) is 1. The third kappa shape index (κ3) is 4.67. The summed E-state index contributed by atoms with van der Waals surface area (Å²) in [5.41, 5.74) is 3.56. The summed E-state index contributed by atoms with van der Waals surface area (Å²) in [4.78, 5) is 13.7. The Morgan fingerprint density at radius 1 is 1.00 bits per heavy atom. The zero-order valence-corrected chi connectivity index (χ0v) is 15.7. The van der Waals surface area contributed by atoms with Crippen LogP contribution in [0.5, 0.6) is 5.75 Å². The zero-order chi connectivity index (χ0) is 18.4. The Hall–Kier alpha value is -2.72. The Kier molecular flexibility index (Phi) is 5.97. The number of benzene rings is 3. The fourth-order valence-corrected chi connectivity index (χ4v) is 3.43. The molecule has 0 aliphatic rings. The second-order valence-corrected chi connectivity index (χ2v) is 7.01. The molecule has 0 fully saturated rings. The molecule has 0 heterocycles. The van der Waals surface area contributed by atoms with Gasteiger partial charge in [-0.05, 0) is 54.4 Å². The number of thioether (sulfide) groups is 1. The molecule has 0 saturated heterocycles. The molecule has 1 N–H and O–H groups in total. The van der Waals surface area contributed by atoms with Crippen LogP contribution in [0.4, 0.5) is 5.69 Å². The summed E-state index contributed by atoms with van der Waals surface area (Å²) in [6, 6.07) is 23.7. The molecule has 26 heavy (non-hydrogen) atoms. The van der Waals surface area contributed by atoms with Crippen LogP contribution in [0, 0.1) is 6.92 Å². The van der Waals surface area contributed by atoms with Gasteiger partial charge in [0.2, 0.25) is 0 Å². The van der Waals surface area contributed by atoms with E-state index < -0.39 is 0 Å². The molecule has 0 aliphatic heterocycles. The normalized spacial score (nSPS) is 10.4. The van der Waals surface area contributed by atoms with Crippen LogP contribution in [0.25, 0.3) is 0 Å². The Bertz CT molecular complexity index is 876. The van der Waals surface area contributed by atoms with Gasteiger partial charge >= 0.3 is 0 Å². The summed E-state index contributed by atoms with van der Waals surface area (Å²) in [7, 11) is 1.60. The number of carbonyl (C=O) groups excluding carboxylic acids is 1. The molecular formula is C22H21NO2S. The van der Waals surface area contributed by atoms with Gasteiger partial charge in [-0.25, -0.2) is 0 Å². The monoisotopic (exact) mass is 363 g/mol. The van der Waals surface area contributed by atoms with Crippen molar-refractivity contribution < 1.29 is 9.53 Å². The Balaban J connectivity index is 1.64. The van der Waals surface area contributed by atoms with E-state index in [9.17, 15) is 4.79 Å². The lowest BCUT2D eigenvalue weighted by Crippen LogP contribution is -2.12. The van der Waals surface area contributed by atoms with Gasteiger partial charge in [-0.1, -0.05) is 36.4 Å². The third-order valence-corrected chi connectivity index (χ3v) is 5.05. The zero-order valence-electron chi connectivity index (χ0n) is 14.9. The van der Waals surface area contributed by atoms with Gasteiger partial charge in [0, 0.05) is 16.2 Å². The standard InChI is InChI=1S/C22H21NO2S/c1-16-8-13-21(25-2)20(14-16)23-22(24)18-11-9-17(10-12-18)15-26-19-6-4-3-5-7-19/h3-14H,15H2,1-2H3,(H,23,24). The number of rotatable bonds is 6. The van der Waals surface area contributed by atoms with E-state index in [0.717, 1.165) is 11.3 Å². The quantitative estimate of drug-likeness (QED) is 0.584. The van der Waals surface area contributed by atoms with Crippen LogP contribution in [-0.2, 0) is 5.75 Å². The van der Waals surface area contributed by atoms with Crippen LogP contribution in [0.15, 0.2) is 77.7 Å². The highest BCUT2D eigenvalue weighted by molar-refractivity contribution is 7.98. The summed E-state index contributed by atoms with van der Waals surface area (Å²) in [5.74, 6) is 1.38. The van der Waals surface area contributed by atoms with Gasteiger partial charge in [0.1, 0.15) is 5.75 Å². The molecule has 0 unspecified atom stereocenters. The number of hydrogen-bond acceptors (Lipinski definition) is 3. The van der Waals surface area contributed by atoms with Gasteiger partial charge in [0.05, 0.1) is 12.8 Å². The van der Waals surface area contributed by atoms with Crippen molar-refractivity contribution in [2.45, 2.75) is 17.6 Å². The van der Waals surface area contributed by atoms with Crippen LogP contribution in [0.1, 0.15) is 21.5 Å². The molecule has 3 nitrogen and oxygen atoms in total. The third-order valence-electron chi connectivity index (χ3n) is 3.97. The van der Waals surface area contributed by atoms with E-state index in [1.807, 2.05) is 67.6 Å². The van der Waals surface area contributed by atoms with Crippen LogP contribution in [0.2, 0.25) is 0 Å². The number of carbonyl (C=O) groups is 1. The second kappa shape index (κ2) is 8.59. The average Bonchev–Trinajstić information content (AvgIpc) is 2.68. The minimum atomic E-state index is -0.142. The summed E-state index contributed by atoms with van der Waals surface area (Å²) < 4.78 is 5.31. The fourth-order valence-electron chi connectivity index (χ4n) is 2.55. The van der Waals surface area contributed by atoms with Crippen molar-refractivity contribution in [3.05, 3.63) is 89.5 Å². The predicted octanol–water partition coefficient (Wildman–Crippen LogP) is 5.55. The van der Waals surface area contributed by atoms with Gasteiger partial charge < -0.3 is 10.1 Å². The van der Waals surface area contributed by atoms with Crippen LogP contribution < -0.4 is 10.1 Å². The Morgan fingerprint density at radius 3 is 2.42 bits per heavy atom.